The molecule has 0 radical (unpaired) electrons. The molecule has 29 heavy (non-hydrogen) atoms. The Kier molecular flexibility index (Phi) is 5.62. The SMILES string of the molecule is O=C1CC[C@@](COCc2cc(C(F)(F)F)cc(C(F)(F)F)c2)(c2ccccc2)N1. The van der Waals surface area contributed by atoms with Crippen LogP contribution in [-0.4, -0.2) is 12.5 Å². The van der Waals surface area contributed by atoms with Gasteiger partial charge < -0.3 is 10.1 Å². The summed E-state index contributed by atoms with van der Waals surface area (Å²) in [5.41, 5.74) is -3.14. The topological polar surface area (TPSA) is 38.3 Å². The van der Waals surface area contributed by atoms with Crippen LogP contribution in [0, 0.1) is 0 Å². The molecule has 1 heterocycles. The number of hydrogen-bond acceptors (Lipinski definition) is 2. The van der Waals surface area contributed by atoms with Gasteiger partial charge in [-0.3, -0.25) is 4.79 Å². The fourth-order valence-corrected chi connectivity index (χ4v) is 3.33. The highest BCUT2D eigenvalue weighted by Crippen LogP contribution is 2.37. The minimum Gasteiger partial charge on any atom is -0.374 e. The highest BCUT2D eigenvalue weighted by Gasteiger charge is 2.40. The van der Waals surface area contributed by atoms with Gasteiger partial charge in [0.15, 0.2) is 0 Å². The molecule has 156 valence electrons. The number of rotatable bonds is 5. The van der Waals surface area contributed by atoms with Crippen LogP contribution < -0.4 is 5.32 Å². The second kappa shape index (κ2) is 7.70. The van der Waals surface area contributed by atoms with Crippen molar-refractivity contribution >= 4 is 5.91 Å². The van der Waals surface area contributed by atoms with Gasteiger partial charge >= 0.3 is 12.4 Å². The van der Waals surface area contributed by atoms with Crippen molar-refractivity contribution in [1.82, 2.24) is 5.32 Å². The lowest BCUT2D eigenvalue weighted by atomic mass is 9.89. The Labute approximate surface area is 162 Å². The normalized spacial score (nSPS) is 20.0. The zero-order valence-electron chi connectivity index (χ0n) is 15.0. The fraction of sp³-hybridized carbons (Fsp3) is 0.350. The molecule has 0 aliphatic carbocycles. The zero-order valence-corrected chi connectivity index (χ0v) is 15.0. The average molecular weight is 417 g/mol. The fourth-order valence-electron chi connectivity index (χ4n) is 3.33. The number of benzene rings is 2. The van der Waals surface area contributed by atoms with Crippen molar-refractivity contribution < 1.29 is 35.9 Å². The first-order valence-corrected chi connectivity index (χ1v) is 8.72. The van der Waals surface area contributed by atoms with Crippen molar-refractivity contribution in [2.75, 3.05) is 6.61 Å². The number of hydrogen-bond donors (Lipinski definition) is 1. The molecule has 0 unspecified atom stereocenters. The number of ether oxygens (including phenoxy) is 1. The van der Waals surface area contributed by atoms with Crippen LogP contribution in [0.3, 0.4) is 0 Å². The van der Waals surface area contributed by atoms with E-state index in [0.29, 0.717) is 18.6 Å². The molecule has 1 saturated heterocycles. The summed E-state index contributed by atoms with van der Waals surface area (Å²) in [6, 6.07) is 10.2. The summed E-state index contributed by atoms with van der Waals surface area (Å²) in [4.78, 5) is 11.8. The van der Waals surface area contributed by atoms with Gasteiger partial charge in [0.1, 0.15) is 0 Å². The van der Waals surface area contributed by atoms with Gasteiger partial charge in [0.05, 0.1) is 29.9 Å². The maximum Gasteiger partial charge on any atom is 0.416 e. The van der Waals surface area contributed by atoms with E-state index in [1.807, 2.05) is 0 Å². The second-order valence-electron chi connectivity index (χ2n) is 6.90. The first-order chi connectivity index (χ1) is 13.5. The van der Waals surface area contributed by atoms with Crippen LogP contribution in [0.25, 0.3) is 0 Å². The highest BCUT2D eigenvalue weighted by molar-refractivity contribution is 5.79. The first-order valence-electron chi connectivity index (χ1n) is 8.72. The van der Waals surface area contributed by atoms with Gasteiger partial charge in [-0.15, -0.1) is 0 Å². The molecule has 0 aromatic heterocycles. The molecule has 0 saturated carbocycles. The smallest absolute Gasteiger partial charge is 0.374 e. The summed E-state index contributed by atoms with van der Waals surface area (Å²) in [5.74, 6) is -0.198. The zero-order chi connectivity index (χ0) is 21.3. The van der Waals surface area contributed by atoms with E-state index < -0.39 is 35.6 Å². The van der Waals surface area contributed by atoms with Crippen molar-refractivity contribution in [2.45, 2.75) is 37.3 Å². The molecule has 3 nitrogen and oxygen atoms in total. The molecular formula is C20H17F6NO2. The summed E-state index contributed by atoms with van der Waals surface area (Å²) in [6.45, 7) is -0.544. The van der Waals surface area contributed by atoms with E-state index in [0.717, 1.165) is 5.56 Å². The quantitative estimate of drug-likeness (QED) is 0.692. The third-order valence-corrected chi connectivity index (χ3v) is 4.75. The molecule has 1 aliphatic rings. The third-order valence-electron chi connectivity index (χ3n) is 4.75. The molecule has 1 N–H and O–H groups in total. The largest absolute Gasteiger partial charge is 0.416 e. The number of alkyl halides is 6. The molecular weight excluding hydrogens is 400 g/mol. The van der Waals surface area contributed by atoms with E-state index in [9.17, 15) is 31.1 Å². The second-order valence-corrected chi connectivity index (χ2v) is 6.90. The molecule has 1 fully saturated rings. The lowest BCUT2D eigenvalue weighted by Gasteiger charge is -2.29. The monoisotopic (exact) mass is 417 g/mol. The van der Waals surface area contributed by atoms with E-state index in [4.69, 9.17) is 4.74 Å². The Balaban J connectivity index is 1.81. The van der Waals surface area contributed by atoms with Gasteiger partial charge in [0, 0.05) is 6.42 Å². The van der Waals surface area contributed by atoms with Crippen LogP contribution in [0.4, 0.5) is 26.3 Å². The summed E-state index contributed by atoms with van der Waals surface area (Å²) >= 11 is 0. The van der Waals surface area contributed by atoms with Crippen LogP contribution in [0.5, 0.6) is 0 Å². The summed E-state index contributed by atoms with van der Waals surface area (Å²) in [6.07, 6.45) is -9.17. The Morgan fingerprint density at radius 2 is 1.52 bits per heavy atom. The van der Waals surface area contributed by atoms with Gasteiger partial charge in [-0.25, -0.2) is 0 Å². The van der Waals surface area contributed by atoms with E-state index >= 15 is 0 Å². The maximum atomic E-state index is 13.0. The molecule has 3 rings (SSSR count). The standard InChI is InChI=1S/C20H17F6NO2/c21-19(22,23)15-8-13(9-16(10-15)20(24,25)26)11-29-12-18(7-6-17(28)27-18)14-4-2-1-3-5-14/h1-5,8-10H,6-7,11-12H2,(H,27,28)/t18-/m1/s1. The summed E-state index contributed by atoms with van der Waals surface area (Å²) < 4.78 is 83.3. The Bertz CT molecular complexity index is 847. The number of halogens is 6. The van der Waals surface area contributed by atoms with Crippen LogP contribution in [-0.2, 0) is 34.0 Å². The molecule has 2 aromatic rings. The van der Waals surface area contributed by atoms with Crippen LogP contribution in [0.2, 0.25) is 0 Å². The molecule has 1 amide bonds. The van der Waals surface area contributed by atoms with Crippen molar-refractivity contribution in [2.24, 2.45) is 0 Å². The Hall–Kier alpha value is -2.55. The van der Waals surface area contributed by atoms with Gasteiger partial charge in [-0.1, -0.05) is 30.3 Å². The van der Waals surface area contributed by atoms with Crippen LogP contribution >= 0.6 is 0 Å². The number of carbonyl (C=O) groups excluding carboxylic acids is 1. The minimum atomic E-state index is -4.92. The van der Waals surface area contributed by atoms with Crippen molar-refractivity contribution in [3.63, 3.8) is 0 Å². The van der Waals surface area contributed by atoms with Crippen LogP contribution in [0.15, 0.2) is 48.5 Å². The van der Waals surface area contributed by atoms with Crippen molar-refractivity contribution in [3.05, 3.63) is 70.8 Å². The average Bonchev–Trinajstić information content (AvgIpc) is 3.03. The number of nitrogens with one attached hydrogen (secondary N) is 1. The predicted molar refractivity (Wildman–Crippen MR) is 91.6 cm³/mol. The van der Waals surface area contributed by atoms with Crippen molar-refractivity contribution in [3.8, 4) is 0 Å². The predicted octanol–water partition coefficient (Wildman–Crippen LogP) is 5.05. The highest BCUT2D eigenvalue weighted by atomic mass is 19.4. The number of amides is 1. The van der Waals surface area contributed by atoms with E-state index in [-0.39, 0.29) is 30.6 Å². The minimum absolute atomic E-state index is 0.0755. The number of carbonyl (C=O) groups is 1. The molecule has 0 spiro atoms. The van der Waals surface area contributed by atoms with Gasteiger partial charge in [0.2, 0.25) is 5.91 Å². The lowest BCUT2D eigenvalue weighted by molar-refractivity contribution is -0.143. The Morgan fingerprint density at radius 3 is 2.00 bits per heavy atom. The van der Waals surface area contributed by atoms with Gasteiger partial charge in [0.25, 0.3) is 0 Å². The maximum absolute atomic E-state index is 13.0. The molecule has 1 atom stereocenters. The summed E-state index contributed by atoms with van der Waals surface area (Å²) in [5, 5.41) is 2.82. The lowest BCUT2D eigenvalue weighted by Crippen LogP contribution is -2.43. The first kappa shape index (κ1) is 21.2. The van der Waals surface area contributed by atoms with Crippen LogP contribution in [0.1, 0.15) is 35.1 Å². The van der Waals surface area contributed by atoms with Gasteiger partial charge in [-0.2, -0.15) is 26.3 Å². The molecule has 9 heteroatoms. The van der Waals surface area contributed by atoms with Crippen molar-refractivity contribution in [1.29, 1.82) is 0 Å². The van der Waals surface area contributed by atoms with E-state index in [1.54, 1.807) is 30.3 Å². The molecule has 1 aliphatic heterocycles. The van der Waals surface area contributed by atoms with E-state index in [2.05, 4.69) is 5.32 Å². The molecule has 0 bridgehead atoms. The van der Waals surface area contributed by atoms with Gasteiger partial charge in [-0.05, 0) is 35.7 Å². The third kappa shape index (κ3) is 4.90. The van der Waals surface area contributed by atoms with E-state index in [1.165, 1.54) is 0 Å². The summed E-state index contributed by atoms with van der Waals surface area (Å²) in [7, 11) is 0. The molecule has 2 aromatic carbocycles. The Morgan fingerprint density at radius 1 is 0.931 bits per heavy atom.